The topological polar surface area (TPSA) is 69.7 Å². The number of rotatable bonds is 9. The van der Waals surface area contributed by atoms with Crippen molar-refractivity contribution in [2.24, 2.45) is 0 Å². The monoisotopic (exact) mass is 495 g/mol. The van der Waals surface area contributed by atoms with Gasteiger partial charge in [-0.3, -0.25) is 14.0 Å². The average molecular weight is 496 g/mol. The molecule has 0 unspecified atom stereocenters. The summed E-state index contributed by atoms with van der Waals surface area (Å²) < 4.78 is 41.1. The summed E-state index contributed by atoms with van der Waals surface area (Å²) in [6.07, 6.45) is 3.75. The van der Waals surface area contributed by atoms with E-state index in [1.54, 1.807) is 18.2 Å². The number of halogens is 1. The van der Waals surface area contributed by atoms with E-state index in [2.05, 4.69) is 22.3 Å². The maximum Gasteiger partial charge on any atom is 0.264 e. The standard InChI is InChI=1S/C27H30FN3O3S/c28-24-12-14-25(15-13-24)31(35(33,34)26-10-3-1-4-11-26)21-27(32)29-19-22-8-7-9-23(18-22)20-30-16-5-2-6-17-30/h1,3-4,7-15,18H,2,5-6,16-17,19-21H2,(H,29,32). The van der Waals surface area contributed by atoms with Crippen LogP contribution in [-0.4, -0.2) is 38.9 Å². The summed E-state index contributed by atoms with van der Waals surface area (Å²) in [5.41, 5.74) is 2.36. The van der Waals surface area contributed by atoms with Crippen LogP contribution in [0.1, 0.15) is 30.4 Å². The Kier molecular flexibility index (Phi) is 8.15. The number of anilines is 1. The lowest BCUT2D eigenvalue weighted by Crippen LogP contribution is -2.40. The van der Waals surface area contributed by atoms with E-state index >= 15 is 0 Å². The Morgan fingerprint density at radius 1 is 0.886 bits per heavy atom. The second-order valence-electron chi connectivity index (χ2n) is 8.73. The minimum Gasteiger partial charge on any atom is -0.350 e. The molecule has 1 saturated heterocycles. The number of nitrogens with zero attached hydrogens (tertiary/aromatic N) is 2. The van der Waals surface area contributed by atoms with Crippen molar-refractivity contribution in [3.63, 3.8) is 0 Å². The molecule has 1 amide bonds. The van der Waals surface area contributed by atoms with Crippen LogP contribution < -0.4 is 9.62 Å². The highest BCUT2D eigenvalue weighted by atomic mass is 32.2. The quantitative estimate of drug-likeness (QED) is 0.480. The zero-order chi connectivity index (χ0) is 24.7. The zero-order valence-electron chi connectivity index (χ0n) is 19.6. The maximum absolute atomic E-state index is 13.5. The number of piperidine rings is 1. The fraction of sp³-hybridized carbons (Fsp3) is 0.296. The summed E-state index contributed by atoms with van der Waals surface area (Å²) in [6.45, 7) is 2.97. The van der Waals surface area contributed by atoms with E-state index in [0.29, 0.717) is 0 Å². The van der Waals surface area contributed by atoms with Crippen LogP contribution in [0, 0.1) is 5.82 Å². The number of amides is 1. The third kappa shape index (κ3) is 6.68. The molecular weight excluding hydrogens is 465 g/mol. The molecule has 1 aliphatic heterocycles. The van der Waals surface area contributed by atoms with Gasteiger partial charge in [0.2, 0.25) is 5.91 Å². The van der Waals surface area contributed by atoms with Gasteiger partial charge in [-0.2, -0.15) is 0 Å². The molecule has 1 aliphatic rings. The van der Waals surface area contributed by atoms with E-state index in [9.17, 15) is 17.6 Å². The van der Waals surface area contributed by atoms with Crippen molar-refractivity contribution in [1.29, 1.82) is 0 Å². The van der Waals surface area contributed by atoms with Gasteiger partial charge in [-0.15, -0.1) is 0 Å². The normalized spacial score (nSPS) is 14.4. The number of hydrogen-bond donors (Lipinski definition) is 1. The molecule has 0 atom stereocenters. The lowest BCUT2D eigenvalue weighted by molar-refractivity contribution is -0.119. The molecule has 1 N–H and O–H groups in total. The lowest BCUT2D eigenvalue weighted by Gasteiger charge is -2.26. The first-order valence-electron chi connectivity index (χ1n) is 11.8. The molecule has 1 heterocycles. The predicted molar refractivity (Wildman–Crippen MR) is 135 cm³/mol. The van der Waals surface area contributed by atoms with E-state index in [1.807, 2.05) is 12.1 Å². The Morgan fingerprint density at radius 3 is 2.29 bits per heavy atom. The van der Waals surface area contributed by atoms with Crippen LogP contribution in [0.4, 0.5) is 10.1 Å². The van der Waals surface area contributed by atoms with Crippen LogP contribution >= 0.6 is 0 Å². The minimum absolute atomic E-state index is 0.0579. The molecule has 6 nitrogen and oxygen atoms in total. The summed E-state index contributed by atoms with van der Waals surface area (Å²) in [5, 5.41) is 2.83. The van der Waals surface area contributed by atoms with Crippen molar-refractivity contribution < 1.29 is 17.6 Å². The van der Waals surface area contributed by atoms with Crippen molar-refractivity contribution in [3.8, 4) is 0 Å². The van der Waals surface area contributed by atoms with E-state index < -0.39 is 28.3 Å². The van der Waals surface area contributed by atoms with Gasteiger partial charge in [0.05, 0.1) is 10.6 Å². The van der Waals surface area contributed by atoms with Crippen LogP contribution in [0.5, 0.6) is 0 Å². The fourth-order valence-electron chi connectivity index (χ4n) is 4.24. The molecule has 0 aromatic heterocycles. The van der Waals surface area contributed by atoms with Crippen LogP contribution in [0.15, 0.2) is 83.8 Å². The SMILES string of the molecule is O=C(CN(c1ccc(F)cc1)S(=O)(=O)c1ccccc1)NCc1cccc(CN2CCCCC2)c1. The van der Waals surface area contributed by atoms with E-state index in [1.165, 1.54) is 61.2 Å². The molecule has 0 saturated carbocycles. The summed E-state index contributed by atoms with van der Waals surface area (Å²) in [6, 6.07) is 21.0. The minimum atomic E-state index is -4.02. The summed E-state index contributed by atoms with van der Waals surface area (Å²) in [5.74, 6) is -0.935. The number of nitrogens with one attached hydrogen (secondary N) is 1. The smallest absolute Gasteiger partial charge is 0.264 e. The lowest BCUT2D eigenvalue weighted by atomic mass is 10.1. The number of hydrogen-bond acceptors (Lipinski definition) is 4. The Morgan fingerprint density at radius 2 is 1.57 bits per heavy atom. The summed E-state index contributed by atoms with van der Waals surface area (Å²) in [7, 11) is -4.02. The molecule has 184 valence electrons. The molecule has 3 aromatic rings. The van der Waals surface area contributed by atoms with Gasteiger partial charge < -0.3 is 5.32 Å². The summed E-state index contributed by atoms with van der Waals surface area (Å²) >= 11 is 0. The molecule has 4 rings (SSSR count). The highest BCUT2D eigenvalue weighted by Crippen LogP contribution is 2.24. The number of sulfonamides is 1. The third-order valence-electron chi connectivity index (χ3n) is 6.07. The van der Waals surface area contributed by atoms with E-state index in [-0.39, 0.29) is 17.1 Å². The van der Waals surface area contributed by atoms with Crippen LogP contribution in [-0.2, 0) is 27.9 Å². The molecule has 0 aliphatic carbocycles. The van der Waals surface area contributed by atoms with Crippen molar-refractivity contribution in [2.75, 3.05) is 23.9 Å². The van der Waals surface area contributed by atoms with Gasteiger partial charge in [0.1, 0.15) is 12.4 Å². The van der Waals surface area contributed by atoms with Crippen LogP contribution in [0.3, 0.4) is 0 Å². The van der Waals surface area contributed by atoms with Gasteiger partial charge in [-0.05, 0) is 73.5 Å². The van der Waals surface area contributed by atoms with Crippen LogP contribution in [0.25, 0.3) is 0 Å². The largest absolute Gasteiger partial charge is 0.350 e. The second-order valence-corrected chi connectivity index (χ2v) is 10.6. The van der Waals surface area contributed by atoms with E-state index in [0.717, 1.165) is 29.5 Å². The number of likely N-dealkylation sites (tertiary alicyclic amines) is 1. The first-order chi connectivity index (χ1) is 16.9. The predicted octanol–water partition coefficient (Wildman–Crippen LogP) is 4.32. The molecule has 0 bridgehead atoms. The first kappa shape index (κ1) is 24.9. The van der Waals surface area contributed by atoms with Gasteiger partial charge in [0, 0.05) is 13.1 Å². The molecule has 3 aromatic carbocycles. The third-order valence-corrected chi connectivity index (χ3v) is 7.86. The summed E-state index contributed by atoms with van der Waals surface area (Å²) in [4.78, 5) is 15.3. The number of carbonyl (C=O) groups is 1. The van der Waals surface area contributed by atoms with Gasteiger partial charge in [-0.1, -0.05) is 48.9 Å². The average Bonchev–Trinajstić information content (AvgIpc) is 2.88. The van der Waals surface area contributed by atoms with Gasteiger partial charge in [0.15, 0.2) is 0 Å². The molecule has 1 fully saturated rings. The Hall–Kier alpha value is -3.23. The van der Waals surface area contributed by atoms with Crippen molar-refractivity contribution in [1.82, 2.24) is 10.2 Å². The fourth-order valence-corrected chi connectivity index (χ4v) is 5.68. The molecule has 0 spiro atoms. The first-order valence-corrected chi connectivity index (χ1v) is 13.3. The molecule has 0 radical (unpaired) electrons. The van der Waals surface area contributed by atoms with Gasteiger partial charge in [0.25, 0.3) is 10.0 Å². The zero-order valence-corrected chi connectivity index (χ0v) is 20.4. The van der Waals surface area contributed by atoms with Gasteiger partial charge in [-0.25, -0.2) is 12.8 Å². The second kappa shape index (κ2) is 11.5. The van der Waals surface area contributed by atoms with Crippen molar-refractivity contribution in [2.45, 2.75) is 37.2 Å². The maximum atomic E-state index is 13.5. The molecular formula is C27H30FN3O3S. The molecule has 35 heavy (non-hydrogen) atoms. The van der Waals surface area contributed by atoms with Crippen molar-refractivity contribution in [3.05, 3.63) is 95.8 Å². The highest BCUT2D eigenvalue weighted by Gasteiger charge is 2.27. The molecule has 8 heteroatoms. The Labute approximate surface area is 206 Å². The highest BCUT2D eigenvalue weighted by molar-refractivity contribution is 7.92. The van der Waals surface area contributed by atoms with Crippen molar-refractivity contribution >= 4 is 21.6 Å². The van der Waals surface area contributed by atoms with Gasteiger partial charge >= 0.3 is 0 Å². The van der Waals surface area contributed by atoms with E-state index in [4.69, 9.17) is 0 Å². The van der Waals surface area contributed by atoms with Crippen LogP contribution in [0.2, 0.25) is 0 Å². The number of benzene rings is 3. The number of carbonyl (C=O) groups excluding carboxylic acids is 1. The Bertz CT molecular complexity index is 1230. The Balaban J connectivity index is 1.45.